The SMILES string of the molecule is CC(C)Oc1ccc(NC(=O)c2cncc(Nc3ccc(C(C)C)cc3)c2)cc1. The van der Waals surface area contributed by atoms with Crippen molar-refractivity contribution in [3.8, 4) is 5.75 Å². The molecular weight excluding hydrogens is 362 g/mol. The second-order valence-electron chi connectivity index (χ2n) is 7.51. The molecule has 1 aromatic heterocycles. The van der Waals surface area contributed by atoms with Crippen LogP contribution in [0.1, 0.15) is 49.5 Å². The normalized spacial score (nSPS) is 10.8. The molecule has 0 fully saturated rings. The van der Waals surface area contributed by atoms with Crippen LogP contribution in [0.15, 0.2) is 67.0 Å². The molecule has 0 aliphatic rings. The quantitative estimate of drug-likeness (QED) is 0.521. The molecule has 1 amide bonds. The van der Waals surface area contributed by atoms with E-state index in [1.54, 1.807) is 18.5 Å². The van der Waals surface area contributed by atoms with Crippen molar-refractivity contribution in [2.24, 2.45) is 0 Å². The van der Waals surface area contributed by atoms with Crippen LogP contribution in [-0.2, 0) is 0 Å². The van der Waals surface area contributed by atoms with Gasteiger partial charge in [0.1, 0.15) is 5.75 Å². The van der Waals surface area contributed by atoms with E-state index in [0.29, 0.717) is 17.2 Å². The average molecular weight is 389 g/mol. The van der Waals surface area contributed by atoms with E-state index < -0.39 is 0 Å². The Bertz CT molecular complexity index is 949. The van der Waals surface area contributed by atoms with Gasteiger partial charge in [-0.05, 0) is 67.8 Å². The van der Waals surface area contributed by atoms with E-state index >= 15 is 0 Å². The highest BCUT2D eigenvalue weighted by molar-refractivity contribution is 6.04. The molecule has 3 rings (SSSR count). The number of hydrogen-bond acceptors (Lipinski definition) is 4. The van der Waals surface area contributed by atoms with Gasteiger partial charge >= 0.3 is 0 Å². The Hall–Kier alpha value is -3.34. The molecule has 2 N–H and O–H groups in total. The number of pyridine rings is 1. The third-order valence-corrected chi connectivity index (χ3v) is 4.35. The van der Waals surface area contributed by atoms with E-state index in [4.69, 9.17) is 4.74 Å². The predicted molar refractivity (Wildman–Crippen MR) is 118 cm³/mol. The van der Waals surface area contributed by atoms with Crippen molar-refractivity contribution in [1.29, 1.82) is 0 Å². The van der Waals surface area contributed by atoms with Crippen molar-refractivity contribution >= 4 is 23.0 Å². The van der Waals surface area contributed by atoms with E-state index in [-0.39, 0.29) is 12.0 Å². The van der Waals surface area contributed by atoms with Gasteiger partial charge in [0.15, 0.2) is 0 Å². The highest BCUT2D eigenvalue weighted by Crippen LogP contribution is 2.22. The Morgan fingerprint density at radius 3 is 2.14 bits per heavy atom. The zero-order valence-corrected chi connectivity index (χ0v) is 17.3. The third kappa shape index (κ3) is 5.82. The van der Waals surface area contributed by atoms with Gasteiger partial charge in [-0.2, -0.15) is 0 Å². The van der Waals surface area contributed by atoms with Gasteiger partial charge in [0, 0.05) is 17.6 Å². The van der Waals surface area contributed by atoms with Crippen LogP contribution < -0.4 is 15.4 Å². The molecule has 2 aromatic carbocycles. The van der Waals surface area contributed by atoms with Crippen LogP contribution in [0.4, 0.5) is 17.1 Å². The molecule has 0 saturated carbocycles. The summed E-state index contributed by atoms with van der Waals surface area (Å²) in [5.41, 5.74) is 4.18. The van der Waals surface area contributed by atoms with Gasteiger partial charge in [-0.1, -0.05) is 26.0 Å². The second kappa shape index (κ2) is 9.24. The first-order valence-corrected chi connectivity index (χ1v) is 9.81. The largest absolute Gasteiger partial charge is 0.491 e. The summed E-state index contributed by atoms with van der Waals surface area (Å²) in [5, 5.41) is 6.18. The summed E-state index contributed by atoms with van der Waals surface area (Å²) in [5.74, 6) is 1.05. The number of rotatable bonds is 7. The molecule has 1 heterocycles. The van der Waals surface area contributed by atoms with Crippen LogP contribution >= 0.6 is 0 Å². The molecule has 0 saturated heterocycles. The highest BCUT2D eigenvalue weighted by atomic mass is 16.5. The molecule has 5 nitrogen and oxygen atoms in total. The van der Waals surface area contributed by atoms with Crippen LogP contribution in [0.25, 0.3) is 0 Å². The first-order chi connectivity index (χ1) is 13.9. The number of carbonyl (C=O) groups excluding carboxylic acids is 1. The average Bonchev–Trinajstić information content (AvgIpc) is 2.70. The maximum Gasteiger partial charge on any atom is 0.257 e. The summed E-state index contributed by atoms with van der Waals surface area (Å²) in [6.45, 7) is 8.28. The summed E-state index contributed by atoms with van der Waals surface area (Å²) in [6, 6.07) is 17.4. The first-order valence-electron chi connectivity index (χ1n) is 9.81. The topological polar surface area (TPSA) is 63.2 Å². The van der Waals surface area contributed by atoms with Gasteiger partial charge in [-0.25, -0.2) is 0 Å². The number of aromatic nitrogens is 1. The number of nitrogens with one attached hydrogen (secondary N) is 2. The molecule has 0 bridgehead atoms. The van der Waals surface area contributed by atoms with Gasteiger partial charge in [-0.3, -0.25) is 9.78 Å². The Labute approximate surface area is 172 Å². The summed E-state index contributed by atoms with van der Waals surface area (Å²) in [7, 11) is 0. The van der Waals surface area contributed by atoms with Gasteiger partial charge in [-0.15, -0.1) is 0 Å². The third-order valence-electron chi connectivity index (χ3n) is 4.35. The monoisotopic (exact) mass is 389 g/mol. The number of nitrogens with zero attached hydrogens (tertiary/aromatic N) is 1. The molecule has 5 heteroatoms. The minimum Gasteiger partial charge on any atom is -0.491 e. The molecule has 0 spiro atoms. The molecule has 150 valence electrons. The highest BCUT2D eigenvalue weighted by Gasteiger charge is 2.09. The van der Waals surface area contributed by atoms with Gasteiger partial charge < -0.3 is 15.4 Å². The maximum absolute atomic E-state index is 12.6. The smallest absolute Gasteiger partial charge is 0.257 e. The maximum atomic E-state index is 12.6. The number of anilines is 3. The summed E-state index contributed by atoms with van der Waals surface area (Å²) in [4.78, 5) is 16.8. The molecule has 0 radical (unpaired) electrons. The number of benzene rings is 2. The second-order valence-corrected chi connectivity index (χ2v) is 7.51. The fraction of sp³-hybridized carbons (Fsp3) is 0.250. The first kappa shape index (κ1) is 20.4. The zero-order chi connectivity index (χ0) is 20.8. The minimum atomic E-state index is -0.214. The van der Waals surface area contributed by atoms with Crippen LogP contribution in [0, 0.1) is 0 Å². The van der Waals surface area contributed by atoms with Crippen LogP contribution in [-0.4, -0.2) is 17.0 Å². The van der Waals surface area contributed by atoms with Crippen molar-refractivity contribution < 1.29 is 9.53 Å². The lowest BCUT2D eigenvalue weighted by molar-refractivity contribution is 0.102. The van der Waals surface area contributed by atoms with Gasteiger partial charge in [0.05, 0.1) is 23.6 Å². The zero-order valence-electron chi connectivity index (χ0n) is 17.3. The van der Waals surface area contributed by atoms with Crippen molar-refractivity contribution in [3.05, 3.63) is 78.1 Å². The number of ether oxygens (including phenoxy) is 1. The Balaban J connectivity index is 1.66. The van der Waals surface area contributed by atoms with E-state index in [0.717, 1.165) is 17.1 Å². The van der Waals surface area contributed by atoms with Crippen molar-refractivity contribution in [3.63, 3.8) is 0 Å². The molecule has 29 heavy (non-hydrogen) atoms. The number of hydrogen-bond donors (Lipinski definition) is 2. The number of carbonyl (C=O) groups is 1. The predicted octanol–water partition coefficient (Wildman–Crippen LogP) is 5.99. The van der Waals surface area contributed by atoms with E-state index in [1.165, 1.54) is 5.56 Å². The van der Waals surface area contributed by atoms with Gasteiger partial charge in [0.25, 0.3) is 5.91 Å². The van der Waals surface area contributed by atoms with E-state index in [2.05, 4.69) is 41.6 Å². The molecule has 0 unspecified atom stereocenters. The lowest BCUT2D eigenvalue weighted by atomic mass is 10.0. The Morgan fingerprint density at radius 2 is 1.52 bits per heavy atom. The van der Waals surface area contributed by atoms with E-state index in [1.807, 2.05) is 50.2 Å². The number of amides is 1. The minimum absolute atomic E-state index is 0.110. The fourth-order valence-electron chi connectivity index (χ4n) is 2.84. The van der Waals surface area contributed by atoms with Gasteiger partial charge in [0.2, 0.25) is 0 Å². The van der Waals surface area contributed by atoms with Crippen molar-refractivity contribution in [2.45, 2.75) is 39.7 Å². The lowest BCUT2D eigenvalue weighted by Crippen LogP contribution is -2.12. The molecular formula is C24H27N3O2. The lowest BCUT2D eigenvalue weighted by Gasteiger charge is -2.11. The molecule has 0 aliphatic heterocycles. The molecule has 3 aromatic rings. The summed E-state index contributed by atoms with van der Waals surface area (Å²) < 4.78 is 5.62. The Morgan fingerprint density at radius 1 is 0.862 bits per heavy atom. The van der Waals surface area contributed by atoms with Crippen LogP contribution in [0.3, 0.4) is 0 Å². The van der Waals surface area contributed by atoms with Crippen molar-refractivity contribution in [2.75, 3.05) is 10.6 Å². The summed E-state index contributed by atoms with van der Waals surface area (Å²) in [6.07, 6.45) is 3.36. The molecule has 0 aliphatic carbocycles. The van der Waals surface area contributed by atoms with E-state index in [9.17, 15) is 4.79 Å². The Kier molecular flexibility index (Phi) is 6.50. The fourth-order valence-corrected chi connectivity index (χ4v) is 2.84. The summed E-state index contributed by atoms with van der Waals surface area (Å²) >= 11 is 0. The van der Waals surface area contributed by atoms with Crippen LogP contribution in [0.2, 0.25) is 0 Å². The molecule has 0 atom stereocenters. The standard InChI is InChI=1S/C24H27N3O2/c1-16(2)18-5-7-20(8-6-18)26-22-13-19(14-25-15-22)24(28)27-21-9-11-23(12-10-21)29-17(3)4/h5-17,26H,1-4H3,(H,27,28). The van der Waals surface area contributed by atoms with Crippen LogP contribution in [0.5, 0.6) is 5.75 Å². The van der Waals surface area contributed by atoms with Crippen molar-refractivity contribution in [1.82, 2.24) is 4.98 Å².